The van der Waals surface area contributed by atoms with E-state index in [4.69, 9.17) is 4.74 Å². The summed E-state index contributed by atoms with van der Waals surface area (Å²) >= 11 is 0. The number of pyridine rings is 1. The number of aryl methyl sites for hydroxylation is 2. The number of anilines is 3. The van der Waals surface area contributed by atoms with E-state index >= 15 is 0 Å². The van der Waals surface area contributed by atoms with Crippen LogP contribution in [-0.2, 0) is 28.7 Å². The van der Waals surface area contributed by atoms with Gasteiger partial charge in [0.25, 0.3) is 6.71 Å². The molecule has 0 N–H and O–H groups in total. The third-order valence-electron chi connectivity index (χ3n) is 12.9. The van der Waals surface area contributed by atoms with Crippen molar-refractivity contribution in [3.63, 3.8) is 0 Å². The van der Waals surface area contributed by atoms with Gasteiger partial charge in [-0.25, -0.2) is 4.57 Å². The Kier molecular flexibility index (Phi) is 7.81. The lowest BCUT2D eigenvalue weighted by molar-refractivity contribution is -0.660. The normalized spacial score (nSPS) is 15.1. The molecule has 3 nitrogen and oxygen atoms in total. The zero-order chi connectivity index (χ0) is 39.9. The summed E-state index contributed by atoms with van der Waals surface area (Å²) in [5, 5.41) is 0. The summed E-state index contributed by atoms with van der Waals surface area (Å²) in [5.41, 5.74) is 20.3. The summed E-state index contributed by atoms with van der Waals surface area (Å²) < 4.78 is 9.34. The second-order valence-electron chi connectivity index (χ2n) is 20.3. The predicted octanol–water partition coefficient (Wildman–Crippen LogP) is 11.1. The lowest BCUT2D eigenvalue weighted by Gasteiger charge is -2.49. The fraction of sp³-hybridized carbons (Fsp3) is 0.327. The molecule has 0 saturated heterocycles. The molecule has 3 aliphatic rings. The highest BCUT2D eigenvalue weighted by Crippen LogP contribution is 2.55. The van der Waals surface area contributed by atoms with Crippen LogP contribution < -0.4 is 30.6 Å². The van der Waals surface area contributed by atoms with E-state index in [0.717, 1.165) is 17.1 Å². The quantitative estimate of drug-likeness (QED) is 0.130. The number of ether oxygens (including phenoxy) is 1. The van der Waals surface area contributed by atoms with Crippen LogP contribution in [0.1, 0.15) is 110 Å². The number of benzene rings is 5. The molecule has 4 heterocycles. The topological polar surface area (TPSA) is 16.4 Å². The Hall–Kier alpha value is -5.09. The molecule has 9 rings (SSSR count). The van der Waals surface area contributed by atoms with Crippen molar-refractivity contribution in [3.05, 3.63) is 137 Å². The van der Waals surface area contributed by atoms with E-state index in [1.54, 1.807) is 0 Å². The highest BCUT2D eigenvalue weighted by Gasteiger charge is 2.49. The zero-order valence-corrected chi connectivity index (χ0v) is 35.7. The molecule has 0 amide bonds. The Balaban J connectivity index is 1.39. The van der Waals surface area contributed by atoms with E-state index in [2.05, 4.69) is 203 Å². The van der Waals surface area contributed by atoms with Gasteiger partial charge >= 0.3 is 0 Å². The lowest BCUT2D eigenvalue weighted by Crippen LogP contribution is -2.61. The van der Waals surface area contributed by atoms with Gasteiger partial charge in [-0.2, -0.15) is 0 Å². The number of rotatable bonds is 2. The average Bonchev–Trinajstić information content (AvgIpc) is 3.12. The van der Waals surface area contributed by atoms with E-state index in [0.29, 0.717) is 0 Å². The standard InChI is InChI=1S/C52H56BN2O/c1-31-17-18-32(24-37(31)42-16-14-15-23-54(42)13)33-25-44-47-46(26-33)56-45-22-20-35(50(5,6)7)29-40(45)53(47)41-30-36(51(8,9)10)28-39-48(41)55(44)43-21-19-34(49(2,3)4)27-38(43)52(39,11)12/h14-30H,1-13H3/q+1. The minimum Gasteiger partial charge on any atom is -0.458 e. The second-order valence-corrected chi connectivity index (χ2v) is 20.3. The van der Waals surface area contributed by atoms with E-state index < -0.39 is 0 Å². The van der Waals surface area contributed by atoms with Crippen LogP contribution in [-0.4, -0.2) is 6.71 Å². The van der Waals surface area contributed by atoms with E-state index in [1.165, 1.54) is 83.7 Å². The number of fused-ring (bicyclic) bond motifs is 6. The fourth-order valence-electron chi connectivity index (χ4n) is 9.40. The molecule has 0 atom stereocenters. The Morgan fingerprint density at radius 1 is 0.607 bits per heavy atom. The van der Waals surface area contributed by atoms with Crippen molar-refractivity contribution in [2.75, 3.05) is 4.90 Å². The van der Waals surface area contributed by atoms with Crippen LogP contribution in [0.4, 0.5) is 17.1 Å². The maximum absolute atomic E-state index is 7.13. The first kappa shape index (κ1) is 36.5. The van der Waals surface area contributed by atoms with Gasteiger partial charge in [-0.05, 0) is 120 Å². The molecule has 3 aliphatic heterocycles. The maximum Gasteiger partial charge on any atom is 0.256 e. The highest BCUT2D eigenvalue weighted by atomic mass is 16.5. The van der Waals surface area contributed by atoms with Crippen LogP contribution in [0.2, 0.25) is 0 Å². The van der Waals surface area contributed by atoms with Crippen LogP contribution in [0.25, 0.3) is 22.4 Å². The summed E-state index contributed by atoms with van der Waals surface area (Å²) in [5.74, 6) is 1.89. The van der Waals surface area contributed by atoms with Gasteiger partial charge in [0.05, 0.1) is 5.69 Å². The molecule has 6 aromatic rings. The van der Waals surface area contributed by atoms with Crippen molar-refractivity contribution in [2.45, 2.75) is 105 Å². The minimum absolute atomic E-state index is 0.000381. The van der Waals surface area contributed by atoms with E-state index in [1.807, 2.05) is 0 Å². The SMILES string of the molecule is Cc1ccc(-c2cc3c4c(c2)N2c5ccc(C(C)(C)C)cc5C(C)(C)c5cc(C(C)(C)C)cc(c52)B4c2cc(C(C)(C)C)ccc2O3)cc1-c1cccc[n+]1C. The Bertz CT molecular complexity index is 2630. The number of nitrogens with zero attached hydrogens (tertiary/aromatic N) is 2. The van der Waals surface area contributed by atoms with Gasteiger partial charge in [0, 0.05) is 34.5 Å². The summed E-state index contributed by atoms with van der Waals surface area (Å²) in [6, 6.07) is 37.4. The monoisotopic (exact) mass is 735 g/mol. The smallest absolute Gasteiger partial charge is 0.256 e. The molecule has 4 heteroatoms. The largest absolute Gasteiger partial charge is 0.458 e. The molecule has 5 aromatic carbocycles. The van der Waals surface area contributed by atoms with Gasteiger partial charge in [-0.15, -0.1) is 0 Å². The molecule has 282 valence electrons. The van der Waals surface area contributed by atoms with Gasteiger partial charge in [-0.1, -0.05) is 125 Å². The van der Waals surface area contributed by atoms with Crippen molar-refractivity contribution in [1.82, 2.24) is 0 Å². The van der Waals surface area contributed by atoms with Crippen molar-refractivity contribution < 1.29 is 9.30 Å². The summed E-state index contributed by atoms with van der Waals surface area (Å²) in [7, 11) is 2.13. The van der Waals surface area contributed by atoms with E-state index in [9.17, 15) is 0 Å². The van der Waals surface area contributed by atoms with Crippen molar-refractivity contribution >= 4 is 40.2 Å². The van der Waals surface area contributed by atoms with Crippen molar-refractivity contribution in [2.24, 2.45) is 7.05 Å². The van der Waals surface area contributed by atoms with Crippen LogP contribution >= 0.6 is 0 Å². The molecular formula is C52H56BN2O+. The molecule has 0 aliphatic carbocycles. The molecular weight excluding hydrogens is 679 g/mol. The number of hydrogen-bond donors (Lipinski definition) is 0. The molecule has 0 spiro atoms. The van der Waals surface area contributed by atoms with Gasteiger partial charge in [0.15, 0.2) is 6.20 Å². The third kappa shape index (κ3) is 5.50. The van der Waals surface area contributed by atoms with Gasteiger partial charge in [0.1, 0.15) is 18.5 Å². The van der Waals surface area contributed by atoms with Crippen LogP contribution in [0, 0.1) is 6.92 Å². The lowest BCUT2D eigenvalue weighted by atomic mass is 9.33. The fourth-order valence-corrected chi connectivity index (χ4v) is 9.40. The molecule has 0 saturated carbocycles. The molecule has 0 unspecified atom stereocenters. The van der Waals surface area contributed by atoms with Crippen molar-refractivity contribution in [3.8, 4) is 33.9 Å². The van der Waals surface area contributed by atoms with Crippen LogP contribution in [0.15, 0.2) is 103 Å². The Labute approximate surface area is 335 Å². The molecule has 0 bridgehead atoms. The average molecular weight is 736 g/mol. The number of hydrogen-bond acceptors (Lipinski definition) is 2. The van der Waals surface area contributed by atoms with Crippen LogP contribution in [0.5, 0.6) is 11.5 Å². The minimum atomic E-state index is -0.227. The van der Waals surface area contributed by atoms with Gasteiger partial charge in [-0.3, -0.25) is 0 Å². The van der Waals surface area contributed by atoms with Crippen LogP contribution in [0.3, 0.4) is 0 Å². The predicted molar refractivity (Wildman–Crippen MR) is 237 cm³/mol. The first-order valence-corrected chi connectivity index (χ1v) is 20.4. The molecule has 1 aromatic heterocycles. The molecule has 56 heavy (non-hydrogen) atoms. The molecule has 0 radical (unpaired) electrons. The van der Waals surface area contributed by atoms with Gasteiger partial charge in [0.2, 0.25) is 5.69 Å². The maximum atomic E-state index is 7.13. The Morgan fingerprint density at radius 2 is 1.27 bits per heavy atom. The second kappa shape index (κ2) is 12.0. The summed E-state index contributed by atoms with van der Waals surface area (Å²) in [6.07, 6.45) is 2.13. The van der Waals surface area contributed by atoms with Crippen molar-refractivity contribution in [1.29, 1.82) is 0 Å². The van der Waals surface area contributed by atoms with Gasteiger partial charge < -0.3 is 9.64 Å². The highest BCUT2D eigenvalue weighted by molar-refractivity contribution is 6.99. The van der Waals surface area contributed by atoms with E-state index in [-0.39, 0.29) is 28.4 Å². The number of aromatic nitrogens is 1. The zero-order valence-electron chi connectivity index (χ0n) is 35.7. The molecule has 0 fully saturated rings. The third-order valence-corrected chi connectivity index (χ3v) is 12.9. The first-order valence-electron chi connectivity index (χ1n) is 20.4. The summed E-state index contributed by atoms with van der Waals surface area (Å²) in [4.78, 5) is 2.61. The first-order chi connectivity index (χ1) is 26.2. The Morgan fingerprint density at radius 3 is 1.96 bits per heavy atom. The summed E-state index contributed by atoms with van der Waals surface area (Å²) in [6.45, 7) is 28.1.